The first-order chi connectivity index (χ1) is 8.07. The normalized spacial score (nSPS) is 11.4. The van der Waals surface area contributed by atoms with E-state index in [0.29, 0.717) is 11.4 Å². The summed E-state index contributed by atoms with van der Waals surface area (Å²) in [4.78, 5) is 0. The second-order valence-electron chi connectivity index (χ2n) is 3.76. The molecule has 0 atom stereocenters. The minimum absolute atomic E-state index is 0.0432. The molecule has 0 saturated carbocycles. The number of benzene rings is 1. The third-order valence-corrected chi connectivity index (χ3v) is 3.54. The number of anilines is 1. The van der Waals surface area contributed by atoms with Crippen LogP contribution in [0.3, 0.4) is 0 Å². The van der Waals surface area contributed by atoms with Gasteiger partial charge in [-0.3, -0.25) is 9.82 Å². The first-order valence-electron chi connectivity index (χ1n) is 5.11. The zero-order chi connectivity index (χ0) is 12.3. The molecule has 6 heteroatoms. The topological polar surface area (TPSA) is 74.8 Å². The molecule has 17 heavy (non-hydrogen) atoms. The zero-order valence-electron chi connectivity index (χ0n) is 9.34. The van der Waals surface area contributed by atoms with E-state index < -0.39 is 10.0 Å². The zero-order valence-corrected chi connectivity index (χ0v) is 10.2. The fourth-order valence-corrected chi connectivity index (χ4v) is 2.70. The predicted molar refractivity (Wildman–Crippen MR) is 66.0 cm³/mol. The molecule has 0 fully saturated rings. The van der Waals surface area contributed by atoms with E-state index in [4.69, 9.17) is 0 Å². The van der Waals surface area contributed by atoms with Gasteiger partial charge in [0, 0.05) is 0 Å². The highest BCUT2D eigenvalue weighted by atomic mass is 32.2. The molecule has 2 aromatic rings. The maximum atomic E-state index is 11.9. The van der Waals surface area contributed by atoms with Gasteiger partial charge in [0.25, 0.3) is 0 Å². The maximum absolute atomic E-state index is 11.9. The van der Waals surface area contributed by atoms with Crippen molar-refractivity contribution in [3.63, 3.8) is 0 Å². The van der Waals surface area contributed by atoms with Gasteiger partial charge in [-0.1, -0.05) is 30.3 Å². The molecule has 0 bridgehead atoms. The largest absolute Gasteiger partial charge is 0.281 e. The molecule has 2 N–H and O–H groups in total. The van der Waals surface area contributed by atoms with E-state index in [1.165, 1.54) is 6.20 Å². The van der Waals surface area contributed by atoms with Gasteiger partial charge in [-0.2, -0.15) is 5.10 Å². The molecule has 0 aliphatic carbocycles. The lowest BCUT2D eigenvalue weighted by molar-refractivity contribution is 0.600. The maximum Gasteiger partial charge on any atom is 0.237 e. The number of hydrogen-bond donors (Lipinski definition) is 2. The highest BCUT2D eigenvalue weighted by Gasteiger charge is 2.13. The van der Waals surface area contributed by atoms with Crippen LogP contribution < -0.4 is 4.72 Å². The van der Waals surface area contributed by atoms with Crippen molar-refractivity contribution in [3.8, 4) is 0 Å². The molecule has 90 valence electrons. The van der Waals surface area contributed by atoms with Crippen molar-refractivity contribution in [1.82, 2.24) is 10.2 Å². The number of nitrogens with zero attached hydrogens (tertiary/aromatic N) is 1. The van der Waals surface area contributed by atoms with Gasteiger partial charge in [0.15, 0.2) is 0 Å². The number of sulfonamides is 1. The molecule has 0 saturated heterocycles. The smallest absolute Gasteiger partial charge is 0.237 e. The summed E-state index contributed by atoms with van der Waals surface area (Å²) in [5.41, 5.74) is 1.93. The lowest BCUT2D eigenvalue weighted by Crippen LogP contribution is -2.15. The molecule has 2 rings (SSSR count). The second-order valence-corrected chi connectivity index (χ2v) is 5.48. The summed E-state index contributed by atoms with van der Waals surface area (Å²) in [5, 5.41) is 6.44. The highest BCUT2D eigenvalue weighted by Crippen LogP contribution is 2.14. The SMILES string of the molecule is Cc1[nH]ncc1NS(=O)(=O)Cc1ccccc1. The number of rotatable bonds is 4. The molecular weight excluding hydrogens is 238 g/mol. The van der Waals surface area contributed by atoms with Crippen molar-refractivity contribution in [2.45, 2.75) is 12.7 Å². The van der Waals surface area contributed by atoms with Crippen LogP contribution in [0.2, 0.25) is 0 Å². The number of H-pyrrole nitrogens is 1. The molecule has 0 amide bonds. The summed E-state index contributed by atoms with van der Waals surface area (Å²) in [6, 6.07) is 9.04. The molecule has 0 spiro atoms. The molecular formula is C11H13N3O2S. The van der Waals surface area contributed by atoms with Crippen molar-refractivity contribution in [2.75, 3.05) is 4.72 Å². The van der Waals surface area contributed by atoms with Crippen LogP contribution in [0.15, 0.2) is 36.5 Å². The number of aromatic nitrogens is 2. The van der Waals surface area contributed by atoms with Crippen LogP contribution in [0.5, 0.6) is 0 Å². The second kappa shape index (κ2) is 4.58. The Morgan fingerprint density at radius 2 is 2.00 bits per heavy atom. The van der Waals surface area contributed by atoms with Crippen LogP contribution in [0.1, 0.15) is 11.3 Å². The quantitative estimate of drug-likeness (QED) is 0.867. The molecule has 1 aromatic carbocycles. The monoisotopic (exact) mass is 251 g/mol. The van der Waals surface area contributed by atoms with Crippen LogP contribution in [-0.2, 0) is 15.8 Å². The van der Waals surface area contributed by atoms with Crippen molar-refractivity contribution < 1.29 is 8.42 Å². The summed E-state index contributed by atoms with van der Waals surface area (Å²) in [6.07, 6.45) is 1.46. The Hall–Kier alpha value is -1.82. The van der Waals surface area contributed by atoms with E-state index in [1.54, 1.807) is 19.1 Å². The molecule has 0 aliphatic heterocycles. The summed E-state index contributed by atoms with van der Waals surface area (Å²) in [7, 11) is -3.39. The van der Waals surface area contributed by atoms with E-state index in [1.807, 2.05) is 18.2 Å². The molecule has 1 heterocycles. The van der Waals surface area contributed by atoms with Gasteiger partial charge < -0.3 is 0 Å². The van der Waals surface area contributed by atoms with Gasteiger partial charge in [0.2, 0.25) is 10.0 Å². The average molecular weight is 251 g/mol. The third kappa shape index (κ3) is 3.07. The lowest BCUT2D eigenvalue weighted by atomic mass is 10.2. The predicted octanol–water partition coefficient (Wildman–Crippen LogP) is 1.66. The Balaban J connectivity index is 2.13. The van der Waals surface area contributed by atoms with Crippen molar-refractivity contribution in [3.05, 3.63) is 47.8 Å². The van der Waals surface area contributed by atoms with E-state index >= 15 is 0 Å². The third-order valence-electron chi connectivity index (χ3n) is 2.29. The van der Waals surface area contributed by atoms with E-state index in [2.05, 4.69) is 14.9 Å². The standard InChI is InChI=1S/C11H13N3O2S/c1-9-11(7-12-13-9)14-17(15,16)8-10-5-3-2-4-6-10/h2-7,14H,8H2,1H3,(H,12,13). The summed E-state index contributed by atoms with van der Waals surface area (Å²) in [6.45, 7) is 1.76. The van der Waals surface area contributed by atoms with E-state index in [-0.39, 0.29) is 5.75 Å². The fraction of sp³-hybridized carbons (Fsp3) is 0.182. The number of nitrogens with one attached hydrogen (secondary N) is 2. The van der Waals surface area contributed by atoms with E-state index in [0.717, 1.165) is 5.56 Å². The molecule has 0 aliphatic rings. The Morgan fingerprint density at radius 1 is 1.29 bits per heavy atom. The van der Waals surface area contributed by atoms with Crippen LogP contribution >= 0.6 is 0 Å². The number of aryl methyl sites for hydroxylation is 1. The lowest BCUT2D eigenvalue weighted by Gasteiger charge is -2.06. The first kappa shape index (κ1) is 11.7. The van der Waals surface area contributed by atoms with Gasteiger partial charge in [-0.15, -0.1) is 0 Å². The van der Waals surface area contributed by atoms with Gasteiger partial charge in [0.1, 0.15) is 0 Å². The van der Waals surface area contributed by atoms with Crippen LogP contribution in [0.4, 0.5) is 5.69 Å². The molecule has 1 aromatic heterocycles. The van der Waals surface area contributed by atoms with Gasteiger partial charge >= 0.3 is 0 Å². The minimum atomic E-state index is -3.39. The summed E-state index contributed by atoms with van der Waals surface area (Å²) >= 11 is 0. The summed E-state index contributed by atoms with van der Waals surface area (Å²) in [5.74, 6) is -0.0432. The molecule has 0 radical (unpaired) electrons. The Labute approximate surface area is 99.9 Å². The van der Waals surface area contributed by atoms with Crippen LogP contribution in [-0.4, -0.2) is 18.6 Å². The van der Waals surface area contributed by atoms with Gasteiger partial charge in [0.05, 0.1) is 23.3 Å². The first-order valence-corrected chi connectivity index (χ1v) is 6.76. The summed E-state index contributed by atoms with van der Waals surface area (Å²) < 4.78 is 26.2. The number of hydrogen-bond acceptors (Lipinski definition) is 3. The van der Waals surface area contributed by atoms with Crippen molar-refractivity contribution >= 4 is 15.7 Å². The van der Waals surface area contributed by atoms with Crippen molar-refractivity contribution in [2.24, 2.45) is 0 Å². The highest BCUT2D eigenvalue weighted by molar-refractivity contribution is 7.91. The van der Waals surface area contributed by atoms with Gasteiger partial charge in [-0.05, 0) is 12.5 Å². The van der Waals surface area contributed by atoms with Crippen LogP contribution in [0, 0.1) is 6.92 Å². The van der Waals surface area contributed by atoms with Crippen LogP contribution in [0.25, 0.3) is 0 Å². The Kier molecular flexibility index (Phi) is 3.14. The van der Waals surface area contributed by atoms with Gasteiger partial charge in [-0.25, -0.2) is 8.42 Å². The average Bonchev–Trinajstić information content (AvgIpc) is 2.64. The fourth-order valence-electron chi connectivity index (χ4n) is 1.45. The Morgan fingerprint density at radius 3 is 2.59 bits per heavy atom. The minimum Gasteiger partial charge on any atom is -0.281 e. The van der Waals surface area contributed by atoms with Crippen molar-refractivity contribution in [1.29, 1.82) is 0 Å². The Bertz CT molecular complexity index is 590. The van der Waals surface area contributed by atoms with E-state index in [9.17, 15) is 8.42 Å². The molecule has 5 nitrogen and oxygen atoms in total. The molecule has 0 unspecified atom stereocenters. The number of aromatic amines is 1.